The second-order valence-electron chi connectivity index (χ2n) is 26.1. The van der Waals surface area contributed by atoms with Gasteiger partial charge >= 0.3 is 35.9 Å². The number of hydrogen-bond donors (Lipinski definition) is 2. The van der Waals surface area contributed by atoms with Crippen LogP contribution in [0, 0.1) is 0 Å². The SMILES string of the molecule is C1CCOC1.COC(=O)C1CCCN(C(=O)OCc2ccccc2)N1C(=O)[C@H](CCC(=O)OCc1ccccc1)N1C(=O)c2ccccc2C1=O.COC(=O)C1CCCN2C(=O)CC[C@H](N3C(=O)c4ccccc4C3=O)C(=O)N12.COC(=O)C1CCCNN1C(=O)[C@H](CCC(=O)O)N1C(=O)c2ccccc2C1=O.ClCCl.O=S(Cl)Cl.S.S.S.[2H]CF.[HH]. The average Bonchev–Trinajstić information content (AvgIpc) is 1.61. The molecule has 0 spiro atoms. The van der Waals surface area contributed by atoms with Gasteiger partial charge in [0.05, 0.1) is 68.6 Å². The van der Waals surface area contributed by atoms with E-state index in [1.165, 1.54) is 68.5 Å². The quantitative estimate of drug-likeness (QED) is 0.0272. The first-order chi connectivity index (χ1) is 56.7. The largest absolute Gasteiger partial charge is 0.481 e. The number of benzene rings is 5. The van der Waals surface area contributed by atoms with Gasteiger partial charge in [0.25, 0.3) is 53.2 Å². The number of nitrogens with zero attached hydrogens (tertiary/aromatic N) is 8. The van der Waals surface area contributed by atoms with Crippen LogP contribution < -0.4 is 5.43 Å². The second kappa shape index (κ2) is 51.1. The number of esters is 4. The van der Waals surface area contributed by atoms with Crippen molar-refractivity contribution in [2.24, 2.45) is 0 Å². The van der Waals surface area contributed by atoms with E-state index in [-0.39, 0.29) is 145 Å². The Morgan fingerprint density at radius 3 is 1.39 bits per heavy atom. The van der Waals surface area contributed by atoms with Crippen LogP contribution in [0.25, 0.3) is 0 Å². The third-order valence-corrected chi connectivity index (χ3v) is 19.1. The zero-order chi connectivity index (χ0) is 86.3. The van der Waals surface area contributed by atoms with Crippen molar-refractivity contribution < 1.29 is 122 Å². The molecule has 8 aliphatic rings. The minimum absolute atomic E-state index is 0. The maximum Gasteiger partial charge on any atom is 0.429 e. The highest BCUT2D eigenvalue weighted by Crippen LogP contribution is 2.35. The van der Waals surface area contributed by atoms with Crippen molar-refractivity contribution >= 4 is 189 Å². The van der Waals surface area contributed by atoms with Crippen molar-refractivity contribution in [2.75, 3.05) is 66.7 Å². The average molecular weight is 1830 g/mol. The molecule has 13 rings (SSSR count). The molecule has 3 unspecified atom stereocenters. The van der Waals surface area contributed by atoms with Gasteiger partial charge in [0.2, 0.25) is 15.1 Å². The highest BCUT2D eigenvalue weighted by molar-refractivity contribution is 8.26. The van der Waals surface area contributed by atoms with Crippen LogP contribution in [0.1, 0.15) is 166 Å². The Labute approximate surface area is 735 Å². The van der Waals surface area contributed by atoms with Crippen molar-refractivity contribution in [3.8, 4) is 0 Å². The van der Waals surface area contributed by atoms with Crippen LogP contribution in [0.5, 0.6) is 0 Å². The van der Waals surface area contributed by atoms with Gasteiger partial charge in [0, 0.05) is 74.9 Å². The lowest BCUT2D eigenvalue weighted by Crippen LogP contribution is -2.64. The Morgan fingerprint density at radius 1 is 0.558 bits per heavy atom. The Bertz CT molecular complexity index is 4390. The smallest absolute Gasteiger partial charge is 0.429 e. The van der Waals surface area contributed by atoms with Crippen LogP contribution in [0.15, 0.2) is 133 Å². The fraction of sp³-hybridized carbons (Fsp3) is 0.410. The molecule has 5 saturated heterocycles. The van der Waals surface area contributed by atoms with E-state index < -0.39 is 148 Å². The van der Waals surface area contributed by atoms with Gasteiger partial charge in [0.1, 0.15) is 37.4 Å². The predicted octanol–water partition coefficient (Wildman–Crippen LogP) is 8.86. The number of rotatable bonds is 18. The number of fused-ring (bicyclic) bond motifs is 4. The molecule has 33 nitrogen and oxygen atoms in total. The Hall–Kier alpha value is -9.77. The number of amides is 11. The Balaban J connectivity index is 0.000000441. The van der Waals surface area contributed by atoms with E-state index in [4.69, 9.17) is 62.3 Å². The van der Waals surface area contributed by atoms with Crippen LogP contribution in [-0.2, 0) is 94.0 Å². The summed E-state index contributed by atoms with van der Waals surface area (Å²) in [5, 5.41) is 14.6. The molecule has 0 radical (unpaired) electrons. The first-order valence-electron chi connectivity index (χ1n) is 37.2. The van der Waals surface area contributed by atoms with Crippen LogP contribution in [0.4, 0.5) is 9.18 Å². The fourth-order valence-electron chi connectivity index (χ4n) is 13.7. The van der Waals surface area contributed by atoms with Gasteiger partial charge in [0.15, 0.2) is 12.1 Å². The molecule has 8 aliphatic heterocycles. The van der Waals surface area contributed by atoms with Gasteiger partial charge in [-0.05, 0) is 118 Å². The van der Waals surface area contributed by atoms with Crippen LogP contribution in [0.2, 0.25) is 0 Å². The van der Waals surface area contributed by atoms with Gasteiger partial charge in [-0.1, -0.05) is 97.1 Å². The van der Waals surface area contributed by atoms with Gasteiger partial charge in [-0.25, -0.2) is 43.8 Å². The van der Waals surface area contributed by atoms with E-state index in [1.54, 1.807) is 84.9 Å². The van der Waals surface area contributed by atoms with E-state index >= 15 is 0 Å². The topological polar surface area (TPSA) is 404 Å². The molecule has 6 atom stereocenters. The van der Waals surface area contributed by atoms with Crippen molar-refractivity contribution in [3.05, 3.63) is 178 Å². The summed E-state index contributed by atoms with van der Waals surface area (Å²) in [6, 6.07) is 29.3. The zero-order valence-corrected chi connectivity index (χ0v) is 72.0. The molecule has 654 valence electrons. The van der Waals surface area contributed by atoms with Crippen molar-refractivity contribution in [3.63, 3.8) is 0 Å². The van der Waals surface area contributed by atoms with Gasteiger partial charge in [-0.2, -0.15) is 40.5 Å². The first-order valence-corrected chi connectivity index (χ1v) is 40.4. The first kappa shape index (κ1) is 101. The lowest BCUT2D eigenvalue weighted by molar-refractivity contribution is -0.182. The van der Waals surface area contributed by atoms with Crippen molar-refractivity contribution in [1.29, 1.82) is 0 Å². The van der Waals surface area contributed by atoms with E-state index in [0.717, 1.165) is 60.6 Å². The predicted molar refractivity (Wildman–Crippen MR) is 449 cm³/mol. The number of methoxy groups -OCH3 is 3. The van der Waals surface area contributed by atoms with E-state index in [2.05, 4.69) is 26.8 Å². The molecule has 8 heterocycles. The Kier molecular flexibility index (Phi) is 42.9. The molecule has 120 heavy (non-hydrogen) atoms. The summed E-state index contributed by atoms with van der Waals surface area (Å²) < 4.78 is 54.9. The van der Waals surface area contributed by atoms with Crippen LogP contribution in [0.3, 0.4) is 0 Å². The number of carboxylic acids is 1. The highest BCUT2D eigenvalue weighted by Gasteiger charge is 2.53. The summed E-state index contributed by atoms with van der Waals surface area (Å²) in [5.74, 6) is -10.4. The molecule has 11 amide bonds. The molecule has 0 bridgehead atoms. The molecule has 5 aromatic carbocycles. The summed E-state index contributed by atoms with van der Waals surface area (Å²) in [7, 11) is 9.93. The lowest BCUT2D eigenvalue weighted by atomic mass is 10.0. The normalized spacial score (nSPS) is 18.5. The van der Waals surface area contributed by atoms with E-state index in [0.29, 0.717) is 50.8 Å². The number of hydrogen-bond acceptors (Lipinski definition) is 24. The molecule has 5 aromatic rings. The summed E-state index contributed by atoms with van der Waals surface area (Å²) >= 11 is 9.53. The molecule has 42 heteroatoms. The van der Waals surface area contributed by atoms with Crippen LogP contribution >= 0.6 is 85.1 Å². The van der Waals surface area contributed by atoms with Crippen LogP contribution in [-0.4, -0.2) is 247 Å². The summed E-state index contributed by atoms with van der Waals surface area (Å²) in [6.07, 6.45) is 2.64. The van der Waals surface area contributed by atoms with Gasteiger partial charge < -0.3 is 33.5 Å². The molecule has 0 aliphatic carbocycles. The number of ether oxygens (including phenoxy) is 6. The van der Waals surface area contributed by atoms with Gasteiger partial charge in [-0.15, -0.1) is 23.2 Å². The number of alkyl halides is 3. The lowest BCUT2D eigenvalue weighted by Gasteiger charge is -2.43. The number of imide groups is 3. The number of aliphatic carboxylic acids is 1. The summed E-state index contributed by atoms with van der Waals surface area (Å²) in [4.78, 5) is 209. The minimum atomic E-state index is -1.67. The highest BCUT2D eigenvalue weighted by atomic mass is 36.0. The van der Waals surface area contributed by atoms with Crippen molar-refractivity contribution in [1.82, 2.24) is 45.2 Å². The monoisotopic (exact) mass is 1830 g/mol. The van der Waals surface area contributed by atoms with Gasteiger partial charge in [-0.3, -0.25) is 86.6 Å². The molecule has 0 aromatic heterocycles. The number of carbonyl (C=O) groups is 16. The fourth-order valence-corrected chi connectivity index (χ4v) is 13.7. The molecule has 2 N–H and O–H groups in total. The minimum Gasteiger partial charge on any atom is -0.481 e. The Morgan fingerprint density at radius 2 is 0.950 bits per heavy atom. The third-order valence-electron chi connectivity index (χ3n) is 19.1. The van der Waals surface area contributed by atoms with E-state index in [9.17, 15) is 81.1 Å². The zero-order valence-electron chi connectivity index (χ0n) is 66.1. The summed E-state index contributed by atoms with van der Waals surface area (Å²) in [6.45, 7) is 2.61. The molecule has 5 fully saturated rings. The number of carboxylic acid groups (broad SMARTS) is 1. The number of halogens is 5. The number of nitrogens with one attached hydrogen (secondary N) is 1. The summed E-state index contributed by atoms with van der Waals surface area (Å²) in [5.41, 5.74) is 5.23. The maximum atomic E-state index is 14.5. The molecular weight excluding hydrogens is 1740 g/mol. The second-order valence-corrected chi connectivity index (χ2v) is 29.4. The van der Waals surface area contributed by atoms with E-state index in [1.807, 2.05) is 12.1 Å². The number of hydrazine groups is 3. The number of carbonyl (C=O) groups excluding carboxylic acids is 15. The third kappa shape index (κ3) is 26.1. The molecule has 0 saturated carbocycles. The van der Waals surface area contributed by atoms with Crippen molar-refractivity contribution in [2.45, 2.75) is 139 Å². The maximum absolute atomic E-state index is 14.5. The molecular formula is C78H94Cl4FN9O24S4. The standard InChI is InChI=1S/C34H33N3O9.C19H21N3O7.C19H19N3O6.C4H8O.CH2Cl2.CH3F.Cl2OS.3H2S.H2/c1-44-33(42)28-17-10-20-35(34(43)46-22-24-13-6-3-7-14-24)37(28)32(41)27(18-19-29(38)45-21-23-11-4-2-5-12-23)36-30(39)25-15-8-9-16-26(25)31(36)40;1-29-19(28)14-7-4-10-20-22(14)18(27)13(8-9-15(23)24)21-16(25)11-5-2-3-6-12(11)17(21)26;1-28-19(27)14-7-4-10-20-15(23)9-8-13(18(26)22(14)20)21-16(24)11-5-2-3-6-12(11)17(21)25;1-2-4-5-3-1;2-1-3;1-2;1-4(2)3;;;;/h2-9,11-16,27-28H,10,17-22H2,1H3;2-3,5-6,13-14,20H,4,7-10H2,1H3,(H,23,24);2-3,5-6,13-14H,4,7-10H2,1H3;1-4H2;1H2;1H3;;3*1H2;1H/t27-,28?;2*13-,14?;;;;;;;;/m000......../s1/i;;;;;1D;;;;;.